The zero-order valence-electron chi connectivity index (χ0n) is 17.1. The Labute approximate surface area is 186 Å². The topological polar surface area (TPSA) is 50.8 Å². The van der Waals surface area contributed by atoms with E-state index in [2.05, 4.69) is 5.32 Å². The summed E-state index contributed by atoms with van der Waals surface area (Å²) in [5.41, 5.74) is 3.10. The lowest BCUT2D eigenvalue weighted by molar-refractivity contribution is -0.113. The third-order valence-corrected chi connectivity index (χ3v) is 5.01. The predicted molar refractivity (Wildman–Crippen MR) is 126 cm³/mol. The lowest BCUT2D eigenvalue weighted by atomic mass is 10.2. The molecule has 0 aromatic heterocycles. The van der Waals surface area contributed by atoms with Crippen LogP contribution in [0.25, 0.3) is 6.08 Å². The van der Waals surface area contributed by atoms with Crippen molar-refractivity contribution in [1.29, 1.82) is 0 Å². The minimum absolute atomic E-state index is 0.196. The molecule has 1 amide bonds. The molecule has 3 aromatic carbocycles. The molecule has 0 saturated carbocycles. The molecule has 4 rings (SSSR count). The van der Waals surface area contributed by atoms with E-state index in [-0.39, 0.29) is 5.91 Å². The van der Waals surface area contributed by atoms with Crippen LogP contribution in [0.3, 0.4) is 0 Å². The first-order valence-corrected chi connectivity index (χ1v) is 10.4. The molecule has 156 valence electrons. The Hall–Kier alpha value is -3.64. The number of ether oxygens (including phenoxy) is 2. The summed E-state index contributed by atoms with van der Waals surface area (Å²) >= 11 is 5.38. The number of rotatable bonds is 7. The SMILES string of the molecule is CCOc1ccc(N2C(=O)/C(=C\c3ccc(OCc4ccccc4)cc3)NC2=S)cc1. The molecule has 0 aliphatic carbocycles. The van der Waals surface area contributed by atoms with E-state index in [4.69, 9.17) is 21.7 Å². The largest absolute Gasteiger partial charge is 0.494 e. The van der Waals surface area contributed by atoms with Gasteiger partial charge in [0.15, 0.2) is 5.11 Å². The van der Waals surface area contributed by atoms with Crippen LogP contribution in [0.1, 0.15) is 18.1 Å². The average molecular weight is 431 g/mol. The Morgan fingerprint density at radius 2 is 1.55 bits per heavy atom. The number of nitrogens with one attached hydrogen (secondary N) is 1. The van der Waals surface area contributed by atoms with Crippen LogP contribution in [0.4, 0.5) is 5.69 Å². The van der Waals surface area contributed by atoms with Gasteiger partial charge in [0.2, 0.25) is 0 Å². The van der Waals surface area contributed by atoms with Gasteiger partial charge in [-0.2, -0.15) is 0 Å². The Kier molecular flexibility index (Phi) is 6.29. The molecule has 0 unspecified atom stereocenters. The van der Waals surface area contributed by atoms with Crippen LogP contribution in [0, 0.1) is 0 Å². The molecule has 0 spiro atoms. The maximum atomic E-state index is 12.9. The second kappa shape index (κ2) is 9.45. The van der Waals surface area contributed by atoms with E-state index in [1.54, 1.807) is 6.08 Å². The zero-order valence-corrected chi connectivity index (χ0v) is 17.9. The van der Waals surface area contributed by atoms with Crippen molar-refractivity contribution >= 4 is 35.0 Å². The highest BCUT2D eigenvalue weighted by Gasteiger charge is 2.31. The van der Waals surface area contributed by atoms with E-state index >= 15 is 0 Å². The van der Waals surface area contributed by atoms with Crippen molar-refractivity contribution in [3.05, 3.63) is 95.7 Å². The Balaban J connectivity index is 1.43. The molecule has 3 aromatic rings. The van der Waals surface area contributed by atoms with Crippen LogP contribution in [0.2, 0.25) is 0 Å². The minimum atomic E-state index is -0.196. The van der Waals surface area contributed by atoms with Gasteiger partial charge in [-0.15, -0.1) is 0 Å². The number of hydrogen-bond acceptors (Lipinski definition) is 4. The molecule has 5 nitrogen and oxygen atoms in total. The molecular weight excluding hydrogens is 408 g/mol. The monoisotopic (exact) mass is 430 g/mol. The molecule has 1 aliphatic heterocycles. The average Bonchev–Trinajstić information content (AvgIpc) is 3.07. The summed E-state index contributed by atoms with van der Waals surface area (Å²) in [7, 11) is 0. The van der Waals surface area contributed by atoms with Crippen LogP contribution in [-0.4, -0.2) is 17.6 Å². The van der Waals surface area contributed by atoms with Gasteiger partial charge in [-0.3, -0.25) is 9.69 Å². The second-order valence-corrected chi connectivity index (χ2v) is 7.29. The summed E-state index contributed by atoms with van der Waals surface area (Å²) < 4.78 is 11.3. The molecule has 0 radical (unpaired) electrons. The normalized spacial score (nSPS) is 14.6. The molecule has 1 fully saturated rings. The summed E-state index contributed by atoms with van der Waals surface area (Å²) in [6.45, 7) is 3.02. The van der Waals surface area contributed by atoms with Crippen molar-refractivity contribution in [1.82, 2.24) is 5.32 Å². The Bertz CT molecular complexity index is 1090. The van der Waals surface area contributed by atoms with Gasteiger partial charge in [0.1, 0.15) is 23.8 Å². The zero-order chi connectivity index (χ0) is 21.6. The van der Waals surface area contributed by atoms with Gasteiger partial charge in [0, 0.05) is 0 Å². The van der Waals surface area contributed by atoms with Crippen molar-refractivity contribution in [2.24, 2.45) is 0 Å². The number of thiocarbonyl (C=S) groups is 1. The molecule has 31 heavy (non-hydrogen) atoms. The summed E-state index contributed by atoms with van der Waals surface area (Å²) in [5.74, 6) is 1.32. The Morgan fingerprint density at radius 3 is 2.23 bits per heavy atom. The van der Waals surface area contributed by atoms with Crippen molar-refractivity contribution in [2.75, 3.05) is 11.5 Å². The number of amides is 1. The summed E-state index contributed by atoms with van der Waals surface area (Å²) in [5, 5.41) is 3.36. The fourth-order valence-electron chi connectivity index (χ4n) is 3.20. The van der Waals surface area contributed by atoms with Gasteiger partial charge in [0.05, 0.1) is 12.3 Å². The number of carbonyl (C=O) groups excluding carboxylic acids is 1. The van der Waals surface area contributed by atoms with E-state index in [9.17, 15) is 4.79 Å². The van der Waals surface area contributed by atoms with Gasteiger partial charge < -0.3 is 14.8 Å². The maximum Gasteiger partial charge on any atom is 0.281 e. The quantitative estimate of drug-likeness (QED) is 0.426. The number of benzene rings is 3. The smallest absolute Gasteiger partial charge is 0.281 e. The van der Waals surface area contributed by atoms with E-state index in [0.29, 0.717) is 29.7 Å². The Morgan fingerprint density at radius 1 is 0.903 bits per heavy atom. The fourth-order valence-corrected chi connectivity index (χ4v) is 3.49. The van der Waals surface area contributed by atoms with Crippen LogP contribution >= 0.6 is 12.2 Å². The van der Waals surface area contributed by atoms with Crippen LogP contribution in [0.5, 0.6) is 11.5 Å². The van der Waals surface area contributed by atoms with Crippen LogP contribution in [-0.2, 0) is 11.4 Å². The van der Waals surface area contributed by atoms with Crippen LogP contribution < -0.4 is 19.7 Å². The number of anilines is 1. The standard InChI is InChI=1S/C25H22N2O3S/c1-2-29-21-14-10-20(11-15-21)27-24(28)23(26-25(27)31)16-18-8-12-22(13-9-18)30-17-19-6-4-3-5-7-19/h3-16H,2,17H2,1H3,(H,26,31)/b23-16+. The highest BCUT2D eigenvalue weighted by atomic mass is 32.1. The summed E-state index contributed by atoms with van der Waals surface area (Å²) in [6, 6.07) is 24.9. The summed E-state index contributed by atoms with van der Waals surface area (Å²) in [4.78, 5) is 14.4. The molecule has 6 heteroatoms. The van der Waals surface area contributed by atoms with Gasteiger partial charge >= 0.3 is 0 Å². The molecule has 0 atom stereocenters. The minimum Gasteiger partial charge on any atom is -0.494 e. The van der Waals surface area contributed by atoms with Crippen molar-refractivity contribution in [3.63, 3.8) is 0 Å². The predicted octanol–water partition coefficient (Wildman–Crippen LogP) is 4.93. The van der Waals surface area contributed by atoms with E-state index < -0.39 is 0 Å². The molecule has 1 N–H and O–H groups in total. The first kappa shape index (κ1) is 20.6. The van der Waals surface area contributed by atoms with E-state index in [1.165, 1.54) is 4.90 Å². The maximum absolute atomic E-state index is 12.9. The molecule has 1 saturated heterocycles. The number of hydrogen-bond donors (Lipinski definition) is 1. The molecular formula is C25H22N2O3S. The summed E-state index contributed by atoms with van der Waals surface area (Å²) in [6.07, 6.45) is 1.78. The third kappa shape index (κ3) is 4.92. The second-order valence-electron chi connectivity index (χ2n) is 6.90. The van der Waals surface area contributed by atoms with Crippen molar-refractivity contribution < 1.29 is 14.3 Å². The molecule has 1 heterocycles. The number of carbonyl (C=O) groups is 1. The van der Waals surface area contributed by atoms with Gasteiger partial charge in [-0.1, -0.05) is 42.5 Å². The highest BCUT2D eigenvalue weighted by molar-refractivity contribution is 7.80. The lowest BCUT2D eigenvalue weighted by Crippen LogP contribution is -2.30. The van der Waals surface area contributed by atoms with Crippen LogP contribution in [0.15, 0.2) is 84.6 Å². The fraction of sp³-hybridized carbons (Fsp3) is 0.120. The van der Waals surface area contributed by atoms with E-state index in [0.717, 1.165) is 22.6 Å². The first-order chi connectivity index (χ1) is 15.1. The first-order valence-electron chi connectivity index (χ1n) is 10.0. The molecule has 1 aliphatic rings. The van der Waals surface area contributed by atoms with Crippen molar-refractivity contribution in [3.8, 4) is 11.5 Å². The third-order valence-electron chi connectivity index (χ3n) is 4.72. The van der Waals surface area contributed by atoms with Crippen molar-refractivity contribution in [2.45, 2.75) is 13.5 Å². The molecule has 0 bridgehead atoms. The number of nitrogens with zero attached hydrogens (tertiary/aromatic N) is 1. The lowest BCUT2D eigenvalue weighted by Gasteiger charge is -2.14. The highest BCUT2D eigenvalue weighted by Crippen LogP contribution is 2.25. The van der Waals surface area contributed by atoms with Gasteiger partial charge in [-0.05, 0) is 72.7 Å². The van der Waals surface area contributed by atoms with Gasteiger partial charge in [-0.25, -0.2) is 0 Å². The van der Waals surface area contributed by atoms with Gasteiger partial charge in [0.25, 0.3) is 5.91 Å². The van der Waals surface area contributed by atoms with E-state index in [1.807, 2.05) is 85.8 Å².